The zero-order valence-corrected chi connectivity index (χ0v) is 12.4. The maximum absolute atomic E-state index is 13.5. The maximum atomic E-state index is 13.5. The van der Waals surface area contributed by atoms with E-state index in [0.717, 1.165) is 17.7 Å². The van der Waals surface area contributed by atoms with Gasteiger partial charge in [0.25, 0.3) is 5.69 Å². The smallest absolute Gasteiger partial charge is 0.294 e. The highest BCUT2D eigenvalue weighted by Crippen LogP contribution is 2.33. The fourth-order valence-electron chi connectivity index (χ4n) is 2.22. The van der Waals surface area contributed by atoms with Gasteiger partial charge >= 0.3 is 0 Å². The Hall–Kier alpha value is -2.15. The number of nitrogens with one attached hydrogen (secondary N) is 1. The van der Waals surface area contributed by atoms with Gasteiger partial charge in [0.1, 0.15) is 17.3 Å². The van der Waals surface area contributed by atoms with Gasteiger partial charge in [0.2, 0.25) is 0 Å². The minimum Gasteiger partial charge on any atom is -0.373 e. The number of benzene rings is 1. The van der Waals surface area contributed by atoms with Crippen molar-refractivity contribution in [1.82, 2.24) is 5.16 Å². The molecular weight excluding hydrogens is 301 g/mol. The van der Waals surface area contributed by atoms with E-state index < -0.39 is 10.7 Å². The summed E-state index contributed by atoms with van der Waals surface area (Å²) in [6, 6.07) is 1.66. The quantitative estimate of drug-likeness (QED) is 0.677. The number of aromatic nitrogens is 1. The van der Waals surface area contributed by atoms with E-state index in [4.69, 9.17) is 16.1 Å². The summed E-state index contributed by atoms with van der Waals surface area (Å²) in [5.74, 6) is -0.125. The third-order valence-corrected chi connectivity index (χ3v) is 3.42. The van der Waals surface area contributed by atoms with Crippen LogP contribution in [0.2, 0.25) is 5.02 Å². The third kappa shape index (κ3) is 2.97. The molecule has 0 aliphatic carbocycles. The molecule has 0 bridgehead atoms. The highest BCUT2D eigenvalue weighted by atomic mass is 35.5. The van der Waals surface area contributed by atoms with Gasteiger partial charge in [-0.15, -0.1) is 0 Å². The molecule has 0 fully saturated rings. The Kier molecular flexibility index (Phi) is 4.13. The normalized spacial score (nSPS) is 12.2. The van der Waals surface area contributed by atoms with Crippen LogP contribution in [0.5, 0.6) is 0 Å². The van der Waals surface area contributed by atoms with E-state index in [2.05, 4.69) is 10.5 Å². The molecule has 1 aromatic heterocycles. The number of nitrogens with zero attached hydrogens (tertiary/aromatic N) is 2. The summed E-state index contributed by atoms with van der Waals surface area (Å²) in [7, 11) is 0. The van der Waals surface area contributed by atoms with Gasteiger partial charge < -0.3 is 9.84 Å². The molecule has 0 aliphatic rings. The van der Waals surface area contributed by atoms with Crippen molar-refractivity contribution in [3.8, 4) is 0 Å². The highest BCUT2D eigenvalue weighted by Gasteiger charge is 2.22. The lowest BCUT2D eigenvalue weighted by atomic mass is 10.1. The minimum absolute atomic E-state index is 0.0504. The molecule has 1 unspecified atom stereocenters. The summed E-state index contributed by atoms with van der Waals surface area (Å²) in [4.78, 5) is 10.4. The Morgan fingerprint density at radius 2 is 2.14 bits per heavy atom. The lowest BCUT2D eigenvalue weighted by Crippen LogP contribution is -2.10. The van der Waals surface area contributed by atoms with Crippen molar-refractivity contribution in [2.24, 2.45) is 0 Å². The van der Waals surface area contributed by atoms with Crippen LogP contribution in [0.15, 0.2) is 16.7 Å². The van der Waals surface area contributed by atoms with Crippen molar-refractivity contribution in [3.05, 3.63) is 50.1 Å². The Morgan fingerprint density at radius 3 is 2.67 bits per heavy atom. The number of rotatable bonds is 4. The summed E-state index contributed by atoms with van der Waals surface area (Å²) < 4.78 is 18.6. The molecule has 0 aliphatic heterocycles. The van der Waals surface area contributed by atoms with Gasteiger partial charge in [-0.2, -0.15) is 0 Å². The number of hydrogen-bond donors (Lipinski definition) is 1. The number of aryl methyl sites for hydroxylation is 2. The number of anilines is 1. The van der Waals surface area contributed by atoms with Gasteiger partial charge in [0, 0.05) is 17.7 Å². The second-order valence-corrected chi connectivity index (χ2v) is 5.05. The van der Waals surface area contributed by atoms with Gasteiger partial charge in [0.15, 0.2) is 0 Å². The van der Waals surface area contributed by atoms with E-state index in [-0.39, 0.29) is 22.4 Å². The van der Waals surface area contributed by atoms with Crippen molar-refractivity contribution in [2.45, 2.75) is 26.8 Å². The van der Waals surface area contributed by atoms with E-state index in [1.165, 1.54) is 0 Å². The van der Waals surface area contributed by atoms with E-state index >= 15 is 0 Å². The summed E-state index contributed by atoms with van der Waals surface area (Å²) in [5, 5.41) is 17.5. The SMILES string of the molecule is Cc1noc(C)c1C(C)Nc1cc(F)c(Cl)cc1[N+](=O)[O-]. The summed E-state index contributed by atoms with van der Waals surface area (Å²) in [6.07, 6.45) is 0. The maximum Gasteiger partial charge on any atom is 0.294 e. The summed E-state index contributed by atoms with van der Waals surface area (Å²) in [6.45, 7) is 5.29. The number of nitro groups is 1. The minimum atomic E-state index is -0.726. The van der Waals surface area contributed by atoms with E-state index in [1.54, 1.807) is 20.8 Å². The van der Waals surface area contributed by atoms with Gasteiger partial charge in [-0.1, -0.05) is 16.8 Å². The zero-order chi connectivity index (χ0) is 15.7. The molecule has 1 atom stereocenters. The Morgan fingerprint density at radius 1 is 1.48 bits per heavy atom. The molecule has 1 heterocycles. The Labute approximate surface area is 125 Å². The number of nitro benzene ring substituents is 1. The van der Waals surface area contributed by atoms with Crippen LogP contribution in [0, 0.1) is 29.8 Å². The van der Waals surface area contributed by atoms with Crippen LogP contribution < -0.4 is 5.32 Å². The average molecular weight is 314 g/mol. The third-order valence-electron chi connectivity index (χ3n) is 3.13. The molecule has 1 aromatic carbocycles. The molecule has 0 spiro atoms. The Bertz CT molecular complexity index is 683. The molecule has 6 nitrogen and oxygen atoms in total. The first-order valence-electron chi connectivity index (χ1n) is 6.14. The second kappa shape index (κ2) is 5.69. The van der Waals surface area contributed by atoms with Crippen LogP contribution in [0.3, 0.4) is 0 Å². The molecule has 0 radical (unpaired) electrons. The van der Waals surface area contributed by atoms with Crippen LogP contribution in [-0.2, 0) is 0 Å². The van der Waals surface area contributed by atoms with Crippen molar-refractivity contribution < 1.29 is 13.8 Å². The van der Waals surface area contributed by atoms with Crippen molar-refractivity contribution in [2.75, 3.05) is 5.32 Å². The predicted molar refractivity (Wildman–Crippen MR) is 76.1 cm³/mol. The van der Waals surface area contributed by atoms with Crippen LogP contribution in [0.4, 0.5) is 15.8 Å². The monoisotopic (exact) mass is 313 g/mol. The van der Waals surface area contributed by atoms with Gasteiger partial charge in [-0.25, -0.2) is 4.39 Å². The van der Waals surface area contributed by atoms with Crippen molar-refractivity contribution in [3.63, 3.8) is 0 Å². The van der Waals surface area contributed by atoms with Gasteiger partial charge in [-0.3, -0.25) is 10.1 Å². The molecular formula is C13H13ClFN3O3. The van der Waals surface area contributed by atoms with E-state index in [9.17, 15) is 14.5 Å². The standard InChI is InChI=1S/C13H13ClFN3O3/c1-6(13-7(2)17-21-8(13)3)16-11-5-10(15)9(14)4-12(11)18(19)20/h4-6,16H,1-3H3. The van der Waals surface area contributed by atoms with Crippen LogP contribution in [0.1, 0.15) is 30.0 Å². The van der Waals surface area contributed by atoms with Gasteiger partial charge in [-0.05, 0) is 20.8 Å². The molecule has 1 N–H and O–H groups in total. The molecule has 0 amide bonds. The largest absolute Gasteiger partial charge is 0.373 e. The summed E-state index contributed by atoms with van der Waals surface area (Å²) in [5.41, 5.74) is 1.21. The van der Waals surface area contributed by atoms with Crippen LogP contribution in [0.25, 0.3) is 0 Å². The molecule has 8 heteroatoms. The van der Waals surface area contributed by atoms with E-state index in [1.807, 2.05) is 0 Å². The molecule has 0 saturated heterocycles. The lowest BCUT2D eigenvalue weighted by Gasteiger charge is -2.15. The number of hydrogen-bond acceptors (Lipinski definition) is 5. The highest BCUT2D eigenvalue weighted by molar-refractivity contribution is 6.31. The number of halogens is 2. The van der Waals surface area contributed by atoms with Crippen LogP contribution >= 0.6 is 11.6 Å². The first kappa shape index (κ1) is 15.2. The second-order valence-electron chi connectivity index (χ2n) is 4.64. The molecule has 2 aromatic rings. The average Bonchev–Trinajstić information content (AvgIpc) is 2.72. The Balaban J connectivity index is 2.39. The van der Waals surface area contributed by atoms with E-state index in [0.29, 0.717) is 11.5 Å². The molecule has 112 valence electrons. The first-order chi connectivity index (χ1) is 9.81. The fourth-order valence-corrected chi connectivity index (χ4v) is 2.37. The van der Waals surface area contributed by atoms with Gasteiger partial charge in [0.05, 0.1) is 21.7 Å². The van der Waals surface area contributed by atoms with Crippen molar-refractivity contribution in [1.29, 1.82) is 0 Å². The van der Waals surface area contributed by atoms with Crippen LogP contribution in [-0.4, -0.2) is 10.1 Å². The van der Waals surface area contributed by atoms with Crippen molar-refractivity contribution >= 4 is 23.0 Å². The molecule has 21 heavy (non-hydrogen) atoms. The zero-order valence-electron chi connectivity index (χ0n) is 11.6. The predicted octanol–water partition coefficient (Wildman–Crippen LogP) is 4.17. The fraction of sp³-hybridized carbons (Fsp3) is 0.308. The first-order valence-corrected chi connectivity index (χ1v) is 6.51. The molecule has 2 rings (SSSR count). The topological polar surface area (TPSA) is 81.2 Å². The molecule has 0 saturated carbocycles. The summed E-state index contributed by atoms with van der Waals surface area (Å²) >= 11 is 5.58. The lowest BCUT2D eigenvalue weighted by molar-refractivity contribution is -0.384.